The fourth-order valence-electron chi connectivity index (χ4n) is 2.47. The average molecular weight is 328 g/mol. The van der Waals surface area contributed by atoms with Gasteiger partial charge in [0.1, 0.15) is 11.9 Å². The molecule has 118 valence electrons. The van der Waals surface area contributed by atoms with Crippen molar-refractivity contribution in [1.82, 2.24) is 15.3 Å². The molecule has 2 heterocycles. The monoisotopic (exact) mass is 328 g/mol. The van der Waals surface area contributed by atoms with Gasteiger partial charge in [0.05, 0.1) is 5.69 Å². The molecular formula is C16H16N4O2S. The van der Waals surface area contributed by atoms with E-state index in [9.17, 15) is 9.59 Å². The van der Waals surface area contributed by atoms with Gasteiger partial charge in [0, 0.05) is 17.3 Å². The minimum atomic E-state index is -0.340. The number of carbonyl (C=O) groups is 1. The highest BCUT2D eigenvalue weighted by molar-refractivity contribution is 7.80. The molecule has 3 rings (SSSR count). The van der Waals surface area contributed by atoms with Gasteiger partial charge >= 0.3 is 0 Å². The Kier molecular flexibility index (Phi) is 3.96. The fraction of sp³-hybridized carbons (Fsp3) is 0.250. The van der Waals surface area contributed by atoms with Crippen molar-refractivity contribution in [2.24, 2.45) is 0 Å². The molecule has 0 bridgehead atoms. The lowest BCUT2D eigenvalue weighted by Crippen LogP contribution is -2.30. The van der Waals surface area contributed by atoms with Gasteiger partial charge in [-0.25, -0.2) is 4.98 Å². The van der Waals surface area contributed by atoms with E-state index in [4.69, 9.17) is 12.2 Å². The van der Waals surface area contributed by atoms with E-state index >= 15 is 0 Å². The molecule has 1 aliphatic heterocycles. The van der Waals surface area contributed by atoms with Crippen LogP contribution >= 0.6 is 12.2 Å². The average Bonchev–Trinajstić information content (AvgIpc) is 2.79. The lowest BCUT2D eigenvalue weighted by molar-refractivity contribution is -0.117. The predicted molar refractivity (Wildman–Crippen MR) is 92.4 cm³/mol. The Morgan fingerprint density at radius 2 is 2.09 bits per heavy atom. The summed E-state index contributed by atoms with van der Waals surface area (Å²) in [6.45, 7) is 3.71. The van der Waals surface area contributed by atoms with Crippen LogP contribution in [0.5, 0.6) is 0 Å². The largest absolute Gasteiger partial charge is 0.350 e. The second-order valence-electron chi connectivity index (χ2n) is 5.33. The van der Waals surface area contributed by atoms with E-state index in [0.717, 1.165) is 11.3 Å². The first kappa shape index (κ1) is 15.4. The Morgan fingerprint density at radius 3 is 2.74 bits per heavy atom. The van der Waals surface area contributed by atoms with Crippen molar-refractivity contribution in [2.45, 2.75) is 26.3 Å². The number of rotatable bonds is 3. The van der Waals surface area contributed by atoms with E-state index in [0.29, 0.717) is 23.0 Å². The Bertz CT molecular complexity index is 846. The Balaban J connectivity index is 2.04. The van der Waals surface area contributed by atoms with Gasteiger partial charge in [-0.3, -0.25) is 14.5 Å². The second kappa shape index (κ2) is 5.92. The first-order valence-corrected chi connectivity index (χ1v) is 7.75. The molecule has 1 saturated heterocycles. The predicted octanol–water partition coefficient (Wildman–Crippen LogP) is 1.61. The van der Waals surface area contributed by atoms with Crippen molar-refractivity contribution >= 4 is 28.9 Å². The number of thiocarbonyl (C=S) groups is 1. The van der Waals surface area contributed by atoms with Gasteiger partial charge in [-0.15, -0.1) is 0 Å². The molecule has 2 aromatic rings. The number of hydrogen-bond acceptors (Lipinski definition) is 4. The number of hydrogen-bond donors (Lipinski definition) is 2. The number of H-pyrrole nitrogens is 1. The van der Waals surface area contributed by atoms with Crippen molar-refractivity contribution < 1.29 is 4.79 Å². The van der Waals surface area contributed by atoms with Crippen LogP contribution in [0.15, 0.2) is 35.1 Å². The standard InChI is InChI=1S/C16H16N4O2S/c1-3-11-8-13(21)19-14(18-11)10-5-4-6-12(7-10)20-15(22)9(2)17-16(20)23/h4-9H,3H2,1-2H3,(H,17,23)(H,18,19,21). The Morgan fingerprint density at radius 1 is 1.30 bits per heavy atom. The van der Waals surface area contributed by atoms with Gasteiger partial charge in [0.15, 0.2) is 5.11 Å². The summed E-state index contributed by atoms with van der Waals surface area (Å²) >= 11 is 5.22. The van der Waals surface area contributed by atoms with Crippen LogP contribution in [0.1, 0.15) is 19.5 Å². The molecule has 23 heavy (non-hydrogen) atoms. The molecule has 1 unspecified atom stereocenters. The number of nitrogens with zero attached hydrogens (tertiary/aromatic N) is 2. The third-order valence-corrected chi connectivity index (χ3v) is 3.97. The maximum absolute atomic E-state index is 12.2. The van der Waals surface area contributed by atoms with Crippen molar-refractivity contribution in [3.63, 3.8) is 0 Å². The van der Waals surface area contributed by atoms with Crippen LogP contribution < -0.4 is 15.8 Å². The van der Waals surface area contributed by atoms with Crippen molar-refractivity contribution in [1.29, 1.82) is 0 Å². The zero-order valence-corrected chi connectivity index (χ0v) is 13.6. The van der Waals surface area contributed by atoms with Gasteiger partial charge in [0.2, 0.25) is 0 Å². The minimum absolute atomic E-state index is 0.101. The van der Waals surface area contributed by atoms with Crippen molar-refractivity contribution in [3.05, 3.63) is 46.4 Å². The first-order valence-electron chi connectivity index (χ1n) is 7.34. The molecular weight excluding hydrogens is 312 g/mol. The van der Waals surface area contributed by atoms with Gasteiger partial charge in [-0.1, -0.05) is 19.1 Å². The van der Waals surface area contributed by atoms with Crippen molar-refractivity contribution in [3.8, 4) is 11.4 Å². The zero-order chi connectivity index (χ0) is 16.6. The number of carbonyl (C=O) groups excluding carboxylic acids is 1. The van der Waals surface area contributed by atoms with Gasteiger partial charge in [-0.05, 0) is 37.7 Å². The summed E-state index contributed by atoms with van der Waals surface area (Å²) in [6, 6.07) is 8.38. The maximum atomic E-state index is 12.2. The molecule has 1 aromatic carbocycles. The van der Waals surface area contributed by atoms with Gasteiger partial charge in [0.25, 0.3) is 11.5 Å². The highest BCUT2D eigenvalue weighted by atomic mass is 32.1. The second-order valence-corrected chi connectivity index (χ2v) is 5.72. The summed E-state index contributed by atoms with van der Waals surface area (Å²) in [7, 11) is 0. The molecule has 0 radical (unpaired) electrons. The summed E-state index contributed by atoms with van der Waals surface area (Å²) in [5.41, 5.74) is 1.90. The number of aromatic amines is 1. The quantitative estimate of drug-likeness (QED) is 0.837. The molecule has 0 spiro atoms. The SMILES string of the molecule is CCc1cc(=O)[nH]c(-c2cccc(N3C(=O)C(C)NC3=S)c2)n1. The molecule has 6 nitrogen and oxygen atoms in total. The molecule has 1 aliphatic rings. The van der Waals surface area contributed by atoms with Crippen LogP contribution in [0.25, 0.3) is 11.4 Å². The lowest BCUT2D eigenvalue weighted by atomic mass is 10.1. The Hall–Kier alpha value is -2.54. The summed E-state index contributed by atoms with van der Waals surface area (Å²) in [6.07, 6.45) is 0.673. The van der Waals surface area contributed by atoms with Crippen LogP contribution in [0, 0.1) is 0 Å². The number of nitrogens with one attached hydrogen (secondary N) is 2. The van der Waals surface area contributed by atoms with Crippen LogP contribution in [0.4, 0.5) is 5.69 Å². The number of aromatic nitrogens is 2. The summed E-state index contributed by atoms with van der Waals surface area (Å²) < 4.78 is 0. The number of aryl methyl sites for hydroxylation is 1. The molecule has 1 atom stereocenters. The summed E-state index contributed by atoms with van der Waals surface area (Å²) in [5, 5.41) is 3.31. The Labute approximate surface area is 138 Å². The zero-order valence-electron chi connectivity index (χ0n) is 12.8. The van der Waals surface area contributed by atoms with E-state index in [1.807, 2.05) is 19.1 Å². The minimum Gasteiger partial charge on any atom is -0.350 e. The highest BCUT2D eigenvalue weighted by Gasteiger charge is 2.33. The van der Waals surface area contributed by atoms with E-state index in [1.165, 1.54) is 11.0 Å². The normalized spacial score (nSPS) is 17.5. The van der Waals surface area contributed by atoms with Crippen LogP contribution in [-0.4, -0.2) is 27.0 Å². The van der Waals surface area contributed by atoms with E-state index in [-0.39, 0.29) is 17.5 Å². The maximum Gasteiger partial charge on any atom is 0.255 e. The van der Waals surface area contributed by atoms with Crippen LogP contribution in [-0.2, 0) is 11.2 Å². The molecule has 1 amide bonds. The molecule has 7 heteroatoms. The summed E-state index contributed by atoms with van der Waals surface area (Å²) in [4.78, 5) is 32.6. The van der Waals surface area contributed by atoms with E-state index in [2.05, 4.69) is 15.3 Å². The highest BCUT2D eigenvalue weighted by Crippen LogP contribution is 2.24. The van der Waals surface area contributed by atoms with Gasteiger partial charge < -0.3 is 10.3 Å². The van der Waals surface area contributed by atoms with E-state index in [1.54, 1.807) is 19.1 Å². The molecule has 0 aliphatic carbocycles. The smallest absolute Gasteiger partial charge is 0.255 e. The van der Waals surface area contributed by atoms with Crippen LogP contribution in [0.3, 0.4) is 0 Å². The number of amides is 1. The third kappa shape index (κ3) is 2.87. The molecule has 2 N–H and O–H groups in total. The lowest BCUT2D eigenvalue weighted by Gasteiger charge is -2.15. The van der Waals surface area contributed by atoms with E-state index < -0.39 is 0 Å². The van der Waals surface area contributed by atoms with Gasteiger partial charge in [-0.2, -0.15) is 0 Å². The van der Waals surface area contributed by atoms with Crippen LogP contribution in [0.2, 0.25) is 0 Å². The molecule has 1 aromatic heterocycles. The fourth-order valence-corrected chi connectivity index (χ4v) is 2.84. The van der Waals surface area contributed by atoms with Crippen molar-refractivity contribution in [2.75, 3.05) is 4.90 Å². The summed E-state index contributed by atoms with van der Waals surface area (Å²) in [5.74, 6) is 0.380. The topological polar surface area (TPSA) is 78.1 Å². The number of anilines is 1. The molecule has 0 saturated carbocycles. The first-order chi connectivity index (χ1) is 11.0. The number of benzene rings is 1. The molecule has 1 fully saturated rings. The third-order valence-electron chi connectivity index (χ3n) is 3.67.